The third kappa shape index (κ3) is 3.71. The number of rotatable bonds is 4. The van der Waals surface area contributed by atoms with Gasteiger partial charge >= 0.3 is 0 Å². The molecule has 1 aliphatic heterocycles. The molecule has 1 heterocycles. The maximum absolute atomic E-state index is 6.48. The molecule has 0 saturated carbocycles. The van der Waals surface area contributed by atoms with Crippen molar-refractivity contribution in [3.8, 4) is 0 Å². The molecule has 19 heavy (non-hydrogen) atoms. The van der Waals surface area contributed by atoms with E-state index in [9.17, 15) is 0 Å². The van der Waals surface area contributed by atoms with E-state index in [1.54, 1.807) is 0 Å². The third-order valence-electron chi connectivity index (χ3n) is 3.95. The van der Waals surface area contributed by atoms with Crippen molar-refractivity contribution in [2.75, 3.05) is 32.8 Å². The maximum atomic E-state index is 6.48. The van der Waals surface area contributed by atoms with Gasteiger partial charge < -0.3 is 4.74 Å². The number of hydrogen-bond donors (Lipinski definition) is 0. The maximum Gasteiger partial charge on any atom is 0.0594 e. The SMILES string of the molecule is Cc1c(CCN2CCOCC2)ccc(C(C)C)c1Cl. The highest BCUT2D eigenvalue weighted by atomic mass is 35.5. The highest BCUT2D eigenvalue weighted by Gasteiger charge is 2.13. The molecule has 1 fully saturated rings. The van der Waals surface area contributed by atoms with Gasteiger partial charge in [-0.1, -0.05) is 37.6 Å². The van der Waals surface area contributed by atoms with E-state index in [0.29, 0.717) is 5.92 Å². The minimum atomic E-state index is 0.486. The summed E-state index contributed by atoms with van der Waals surface area (Å²) in [5, 5.41) is 0.953. The van der Waals surface area contributed by atoms with E-state index in [1.165, 1.54) is 16.7 Å². The lowest BCUT2D eigenvalue weighted by Gasteiger charge is -2.27. The minimum Gasteiger partial charge on any atom is -0.379 e. The summed E-state index contributed by atoms with van der Waals surface area (Å²) in [7, 11) is 0. The fourth-order valence-corrected chi connectivity index (χ4v) is 2.97. The van der Waals surface area contributed by atoms with Crippen LogP contribution in [0.2, 0.25) is 5.02 Å². The van der Waals surface area contributed by atoms with Crippen LogP contribution in [-0.4, -0.2) is 37.7 Å². The van der Waals surface area contributed by atoms with Gasteiger partial charge in [0.25, 0.3) is 0 Å². The number of hydrogen-bond acceptors (Lipinski definition) is 2. The molecule has 0 aliphatic carbocycles. The van der Waals surface area contributed by atoms with Gasteiger partial charge in [-0.25, -0.2) is 0 Å². The van der Waals surface area contributed by atoms with Crippen molar-refractivity contribution in [2.45, 2.75) is 33.1 Å². The van der Waals surface area contributed by atoms with Crippen LogP contribution in [0.25, 0.3) is 0 Å². The molecule has 1 aliphatic rings. The number of morpholine rings is 1. The molecule has 0 N–H and O–H groups in total. The van der Waals surface area contributed by atoms with Gasteiger partial charge in [-0.15, -0.1) is 0 Å². The summed E-state index contributed by atoms with van der Waals surface area (Å²) in [6.45, 7) is 11.5. The van der Waals surface area contributed by atoms with Crippen molar-refractivity contribution in [1.82, 2.24) is 4.90 Å². The van der Waals surface area contributed by atoms with Crippen molar-refractivity contribution in [3.63, 3.8) is 0 Å². The molecule has 3 heteroatoms. The summed E-state index contributed by atoms with van der Waals surface area (Å²) in [4.78, 5) is 2.47. The van der Waals surface area contributed by atoms with Crippen LogP contribution in [0.15, 0.2) is 12.1 Å². The molecule has 0 radical (unpaired) electrons. The molecule has 106 valence electrons. The predicted octanol–water partition coefficient (Wildman–Crippen LogP) is 3.65. The van der Waals surface area contributed by atoms with E-state index < -0.39 is 0 Å². The standard InChI is InChI=1S/C16H24ClNO/c1-12(2)15-5-4-14(13(3)16(15)17)6-7-18-8-10-19-11-9-18/h4-5,12H,6-11H2,1-3H3. The van der Waals surface area contributed by atoms with Crippen LogP contribution < -0.4 is 0 Å². The lowest BCUT2D eigenvalue weighted by Crippen LogP contribution is -2.37. The Kier molecular flexibility index (Phi) is 5.26. The van der Waals surface area contributed by atoms with E-state index in [1.807, 2.05) is 0 Å². The van der Waals surface area contributed by atoms with E-state index in [4.69, 9.17) is 16.3 Å². The summed E-state index contributed by atoms with van der Waals surface area (Å²) in [6, 6.07) is 4.44. The molecule has 0 aromatic heterocycles. The van der Waals surface area contributed by atoms with E-state index in [0.717, 1.165) is 44.3 Å². The lowest BCUT2D eigenvalue weighted by molar-refractivity contribution is 0.0384. The van der Waals surface area contributed by atoms with Gasteiger partial charge in [0.2, 0.25) is 0 Å². The van der Waals surface area contributed by atoms with Crippen molar-refractivity contribution in [3.05, 3.63) is 33.8 Å². The molecule has 0 atom stereocenters. The average molecular weight is 282 g/mol. The van der Waals surface area contributed by atoms with Gasteiger partial charge in [0.15, 0.2) is 0 Å². The molecule has 1 saturated heterocycles. The van der Waals surface area contributed by atoms with Crippen LogP contribution in [-0.2, 0) is 11.2 Å². The molecule has 1 aromatic carbocycles. The molecular weight excluding hydrogens is 258 g/mol. The fraction of sp³-hybridized carbons (Fsp3) is 0.625. The van der Waals surface area contributed by atoms with Crippen molar-refractivity contribution in [1.29, 1.82) is 0 Å². The third-order valence-corrected chi connectivity index (χ3v) is 4.45. The first kappa shape index (κ1) is 14.8. The van der Waals surface area contributed by atoms with E-state index in [-0.39, 0.29) is 0 Å². The van der Waals surface area contributed by atoms with Gasteiger partial charge in [-0.3, -0.25) is 4.90 Å². The number of ether oxygens (including phenoxy) is 1. The molecule has 1 aromatic rings. The molecular formula is C16H24ClNO. The van der Waals surface area contributed by atoms with Gasteiger partial charge in [-0.05, 0) is 36.0 Å². The second kappa shape index (κ2) is 6.74. The Labute approximate surface area is 121 Å². The smallest absolute Gasteiger partial charge is 0.0594 e. The molecule has 0 bridgehead atoms. The molecule has 2 nitrogen and oxygen atoms in total. The van der Waals surface area contributed by atoms with Crippen LogP contribution in [0.4, 0.5) is 0 Å². The summed E-state index contributed by atoms with van der Waals surface area (Å²) < 4.78 is 5.37. The monoisotopic (exact) mass is 281 g/mol. The second-order valence-electron chi connectivity index (χ2n) is 5.61. The summed E-state index contributed by atoms with van der Waals surface area (Å²) >= 11 is 6.48. The Morgan fingerprint density at radius 3 is 2.58 bits per heavy atom. The molecule has 0 amide bonds. The lowest BCUT2D eigenvalue weighted by atomic mass is 9.96. The highest BCUT2D eigenvalue weighted by molar-refractivity contribution is 6.32. The summed E-state index contributed by atoms with van der Waals surface area (Å²) in [6.07, 6.45) is 1.07. The molecule has 0 unspecified atom stereocenters. The Morgan fingerprint density at radius 1 is 1.26 bits per heavy atom. The largest absolute Gasteiger partial charge is 0.379 e. The van der Waals surface area contributed by atoms with Crippen LogP contribution in [0.3, 0.4) is 0 Å². The Balaban J connectivity index is 2.02. The first-order valence-corrected chi connectivity index (χ1v) is 7.55. The van der Waals surface area contributed by atoms with Crippen LogP contribution in [0, 0.1) is 6.92 Å². The Morgan fingerprint density at radius 2 is 1.95 bits per heavy atom. The first-order valence-electron chi connectivity index (χ1n) is 7.17. The van der Waals surface area contributed by atoms with Crippen molar-refractivity contribution < 1.29 is 4.74 Å². The van der Waals surface area contributed by atoms with Crippen molar-refractivity contribution >= 4 is 11.6 Å². The number of nitrogens with zero attached hydrogens (tertiary/aromatic N) is 1. The average Bonchev–Trinajstić information content (AvgIpc) is 2.41. The fourth-order valence-electron chi connectivity index (χ4n) is 2.57. The zero-order valence-electron chi connectivity index (χ0n) is 12.2. The van der Waals surface area contributed by atoms with Crippen LogP contribution >= 0.6 is 11.6 Å². The zero-order valence-corrected chi connectivity index (χ0v) is 13.0. The van der Waals surface area contributed by atoms with Gasteiger partial charge in [0.1, 0.15) is 0 Å². The summed E-state index contributed by atoms with van der Waals surface area (Å²) in [5.41, 5.74) is 3.89. The van der Waals surface area contributed by atoms with Gasteiger partial charge in [-0.2, -0.15) is 0 Å². The topological polar surface area (TPSA) is 12.5 Å². The zero-order chi connectivity index (χ0) is 13.8. The summed E-state index contributed by atoms with van der Waals surface area (Å²) in [5.74, 6) is 0.486. The molecule has 2 rings (SSSR count). The normalized spacial score (nSPS) is 17.1. The Hall–Kier alpha value is -0.570. The quantitative estimate of drug-likeness (QED) is 0.835. The van der Waals surface area contributed by atoms with Crippen LogP contribution in [0.5, 0.6) is 0 Å². The Bertz CT molecular complexity index is 425. The van der Waals surface area contributed by atoms with Gasteiger partial charge in [0, 0.05) is 24.7 Å². The van der Waals surface area contributed by atoms with E-state index in [2.05, 4.69) is 37.8 Å². The molecule has 0 spiro atoms. The van der Waals surface area contributed by atoms with E-state index >= 15 is 0 Å². The second-order valence-corrected chi connectivity index (χ2v) is 5.99. The number of benzene rings is 1. The van der Waals surface area contributed by atoms with Gasteiger partial charge in [0.05, 0.1) is 13.2 Å². The first-order chi connectivity index (χ1) is 9.09. The van der Waals surface area contributed by atoms with Crippen LogP contribution in [0.1, 0.15) is 36.5 Å². The highest BCUT2D eigenvalue weighted by Crippen LogP contribution is 2.29. The minimum absolute atomic E-state index is 0.486. The van der Waals surface area contributed by atoms with Crippen molar-refractivity contribution in [2.24, 2.45) is 0 Å². The number of halogens is 1. The predicted molar refractivity (Wildman–Crippen MR) is 81.2 cm³/mol.